The molecular weight excluding hydrogens is 350 g/mol. The number of carbonyl (C=O) groups is 1. The molecule has 1 saturated carbocycles. The Morgan fingerprint density at radius 2 is 2.22 bits per heavy atom. The quantitative estimate of drug-likeness (QED) is 0.690. The van der Waals surface area contributed by atoms with Gasteiger partial charge in [0.2, 0.25) is 0 Å². The maximum Gasteiger partial charge on any atom is 0.342 e. The van der Waals surface area contributed by atoms with Gasteiger partial charge in [-0.15, -0.1) is 0 Å². The number of aromatic nitrogens is 2. The number of esters is 1. The molecule has 4 rings (SSSR count). The highest BCUT2D eigenvalue weighted by molar-refractivity contribution is 5.91. The Bertz CT molecular complexity index is 892. The summed E-state index contributed by atoms with van der Waals surface area (Å²) in [5, 5.41) is 3.74. The molecule has 0 spiro atoms. The van der Waals surface area contributed by atoms with E-state index in [0.29, 0.717) is 5.92 Å². The summed E-state index contributed by atoms with van der Waals surface area (Å²) in [4.78, 5) is 12.9. The van der Waals surface area contributed by atoms with Gasteiger partial charge in [0.25, 0.3) is 6.43 Å². The molecule has 3 atom stereocenters. The third-order valence-corrected chi connectivity index (χ3v) is 6.13. The fourth-order valence-electron chi connectivity index (χ4n) is 5.13. The van der Waals surface area contributed by atoms with Crippen LogP contribution in [0.3, 0.4) is 0 Å². The highest BCUT2D eigenvalue weighted by atomic mass is 19.3. The molecule has 2 aliphatic carbocycles. The molecule has 1 fully saturated rings. The number of rotatable bonds is 5. The Labute approximate surface area is 157 Å². The first kappa shape index (κ1) is 18.1. The summed E-state index contributed by atoms with van der Waals surface area (Å²) in [6, 6.07) is 6.27. The second kappa shape index (κ2) is 6.43. The molecule has 0 aliphatic heterocycles. The zero-order chi connectivity index (χ0) is 19.3. The predicted molar refractivity (Wildman–Crippen MR) is 96.8 cm³/mol. The summed E-state index contributed by atoms with van der Waals surface area (Å²) in [6.07, 6.45) is 2.15. The van der Waals surface area contributed by atoms with E-state index in [1.54, 1.807) is 0 Å². The summed E-state index contributed by atoms with van der Waals surface area (Å²) in [7, 11) is 1.53. The number of halogens is 2. The van der Waals surface area contributed by atoms with Gasteiger partial charge in [0.15, 0.2) is 0 Å². The average molecular weight is 374 g/mol. The maximum atomic E-state index is 13.3. The number of aryl methyl sites for hydroxylation is 2. The van der Waals surface area contributed by atoms with E-state index < -0.39 is 23.7 Å². The Hall–Kier alpha value is -2.24. The molecule has 1 heterocycles. The van der Waals surface area contributed by atoms with Crippen molar-refractivity contribution >= 4 is 5.97 Å². The fraction of sp³-hybridized carbons (Fsp3) is 0.524. The van der Waals surface area contributed by atoms with E-state index in [4.69, 9.17) is 4.74 Å². The van der Waals surface area contributed by atoms with Gasteiger partial charge in [0, 0.05) is 19.2 Å². The van der Waals surface area contributed by atoms with E-state index in [9.17, 15) is 13.6 Å². The molecular formula is C21H24F2N2O2. The minimum atomic E-state index is -2.81. The third-order valence-electron chi connectivity index (χ3n) is 6.13. The number of fused-ring (bicyclic) bond motifs is 5. The largest absolute Gasteiger partial charge is 0.450 e. The van der Waals surface area contributed by atoms with Gasteiger partial charge < -0.3 is 4.74 Å². The molecule has 0 radical (unpaired) electrons. The summed E-state index contributed by atoms with van der Waals surface area (Å²) in [6.45, 7) is 4.18. The van der Waals surface area contributed by atoms with E-state index in [0.717, 1.165) is 31.2 Å². The van der Waals surface area contributed by atoms with Crippen molar-refractivity contribution in [2.24, 2.45) is 13.0 Å². The molecule has 1 aromatic carbocycles. The summed E-state index contributed by atoms with van der Waals surface area (Å²) in [5.74, 6) is -0.125. The molecule has 3 unspecified atom stereocenters. The third kappa shape index (κ3) is 2.68. The number of alkyl halides is 2. The highest BCUT2D eigenvalue weighted by Crippen LogP contribution is 2.63. The number of ether oxygens (including phenoxy) is 1. The molecule has 1 aromatic heterocycles. The van der Waals surface area contributed by atoms with Crippen LogP contribution < -0.4 is 0 Å². The molecule has 4 nitrogen and oxygen atoms in total. The van der Waals surface area contributed by atoms with Gasteiger partial charge in [0.05, 0.1) is 0 Å². The lowest BCUT2D eigenvalue weighted by Crippen LogP contribution is -2.34. The van der Waals surface area contributed by atoms with Crippen LogP contribution in [-0.4, -0.2) is 15.7 Å². The van der Waals surface area contributed by atoms with Crippen LogP contribution in [0.1, 0.15) is 77.7 Å². The number of hydrogen-bond acceptors (Lipinski definition) is 3. The topological polar surface area (TPSA) is 44.1 Å². The zero-order valence-corrected chi connectivity index (χ0v) is 15.8. The van der Waals surface area contributed by atoms with Crippen LogP contribution >= 0.6 is 0 Å². The standard InChI is InChI=1S/C21H24F2N2O2/c1-4-5-16-13-8-9-21(16,17-7-6-12(2)10-14(13)17)27-20(26)15-11-25(3)24-18(15)19(22)23/h6-7,10-11,13,16,19H,4-5,8-9H2,1-3H3. The first-order valence-electron chi connectivity index (χ1n) is 9.53. The Morgan fingerprint density at radius 1 is 1.44 bits per heavy atom. The fourth-order valence-corrected chi connectivity index (χ4v) is 5.13. The van der Waals surface area contributed by atoms with Crippen LogP contribution in [0.25, 0.3) is 0 Å². The van der Waals surface area contributed by atoms with Crippen LogP contribution in [0.2, 0.25) is 0 Å². The van der Waals surface area contributed by atoms with Crippen molar-refractivity contribution in [1.29, 1.82) is 0 Å². The number of benzene rings is 1. The number of nitrogens with zero attached hydrogens (tertiary/aromatic N) is 2. The maximum absolute atomic E-state index is 13.3. The first-order chi connectivity index (χ1) is 12.9. The number of carbonyl (C=O) groups excluding carboxylic acids is 1. The molecule has 27 heavy (non-hydrogen) atoms. The lowest BCUT2D eigenvalue weighted by molar-refractivity contribution is -0.0415. The first-order valence-corrected chi connectivity index (χ1v) is 9.53. The normalized spacial score (nSPS) is 25.9. The van der Waals surface area contributed by atoms with Gasteiger partial charge >= 0.3 is 5.97 Å². The monoisotopic (exact) mass is 374 g/mol. The SMILES string of the molecule is CCCC1C2CCC1(OC(=O)c1cn(C)nc1C(F)F)c1ccc(C)cc12. The minimum Gasteiger partial charge on any atom is -0.450 e. The Morgan fingerprint density at radius 3 is 2.93 bits per heavy atom. The second-order valence-corrected chi connectivity index (χ2v) is 7.81. The molecule has 0 saturated heterocycles. The van der Waals surface area contributed by atoms with Crippen LogP contribution in [-0.2, 0) is 17.4 Å². The predicted octanol–water partition coefficient (Wildman–Crippen LogP) is 5.03. The van der Waals surface area contributed by atoms with Gasteiger partial charge in [0.1, 0.15) is 16.9 Å². The van der Waals surface area contributed by atoms with Gasteiger partial charge in [-0.05, 0) is 43.2 Å². The molecule has 144 valence electrons. The van der Waals surface area contributed by atoms with Crippen molar-refractivity contribution in [3.63, 3.8) is 0 Å². The molecule has 6 heteroatoms. The number of hydrogen-bond donors (Lipinski definition) is 0. The van der Waals surface area contributed by atoms with Crippen molar-refractivity contribution in [3.8, 4) is 0 Å². The van der Waals surface area contributed by atoms with Crippen LogP contribution in [0.15, 0.2) is 24.4 Å². The lowest BCUT2D eigenvalue weighted by atomic mass is 9.85. The summed E-state index contributed by atoms with van der Waals surface area (Å²) >= 11 is 0. The summed E-state index contributed by atoms with van der Waals surface area (Å²) in [5.41, 5.74) is 2.14. The lowest BCUT2D eigenvalue weighted by Gasteiger charge is -2.33. The van der Waals surface area contributed by atoms with E-state index in [1.165, 1.54) is 29.1 Å². The molecule has 0 N–H and O–H groups in total. The summed E-state index contributed by atoms with van der Waals surface area (Å²) < 4.78 is 33.9. The van der Waals surface area contributed by atoms with Gasteiger partial charge in [-0.25, -0.2) is 13.6 Å². The van der Waals surface area contributed by atoms with E-state index in [1.807, 2.05) is 6.07 Å². The second-order valence-electron chi connectivity index (χ2n) is 7.81. The van der Waals surface area contributed by atoms with Crippen LogP contribution in [0.5, 0.6) is 0 Å². The van der Waals surface area contributed by atoms with Crippen molar-refractivity contribution in [1.82, 2.24) is 9.78 Å². The van der Waals surface area contributed by atoms with E-state index >= 15 is 0 Å². The van der Waals surface area contributed by atoms with E-state index in [2.05, 4.69) is 31.1 Å². The molecule has 2 bridgehead atoms. The Balaban J connectivity index is 1.74. The van der Waals surface area contributed by atoms with Crippen molar-refractivity contribution in [2.45, 2.75) is 57.5 Å². The van der Waals surface area contributed by atoms with E-state index in [-0.39, 0.29) is 11.5 Å². The average Bonchev–Trinajstić information content (AvgIpc) is 3.24. The Kier molecular flexibility index (Phi) is 4.32. The molecule has 0 amide bonds. The molecule has 2 aliphatic rings. The van der Waals surface area contributed by atoms with Gasteiger partial charge in [-0.3, -0.25) is 4.68 Å². The van der Waals surface area contributed by atoms with Crippen molar-refractivity contribution in [3.05, 3.63) is 52.3 Å². The van der Waals surface area contributed by atoms with Gasteiger partial charge in [-0.1, -0.05) is 37.1 Å². The molecule has 2 aromatic rings. The van der Waals surface area contributed by atoms with Crippen LogP contribution in [0.4, 0.5) is 8.78 Å². The zero-order valence-electron chi connectivity index (χ0n) is 15.8. The minimum absolute atomic E-state index is 0.138. The van der Waals surface area contributed by atoms with Crippen molar-refractivity contribution in [2.75, 3.05) is 0 Å². The van der Waals surface area contributed by atoms with Crippen molar-refractivity contribution < 1.29 is 18.3 Å². The van der Waals surface area contributed by atoms with Crippen LogP contribution in [0, 0.1) is 12.8 Å². The highest BCUT2D eigenvalue weighted by Gasteiger charge is 2.59. The van der Waals surface area contributed by atoms with Gasteiger partial charge in [-0.2, -0.15) is 5.10 Å². The smallest absolute Gasteiger partial charge is 0.342 e.